The highest BCUT2D eigenvalue weighted by Crippen LogP contribution is 2.24. The first-order valence-corrected chi connectivity index (χ1v) is 5.62. The number of hydrogen-bond donors (Lipinski definition) is 3. The second-order valence-electron chi connectivity index (χ2n) is 3.80. The van der Waals surface area contributed by atoms with E-state index in [9.17, 15) is 23.5 Å². The fraction of sp³-hybridized carbons (Fsp3) is 0.333. The van der Waals surface area contributed by atoms with Gasteiger partial charge in [-0.15, -0.1) is 0 Å². The number of phenolic OH excluding ortho intramolecular Hbond substituents is 1. The van der Waals surface area contributed by atoms with E-state index in [-0.39, 0.29) is 30.0 Å². The summed E-state index contributed by atoms with van der Waals surface area (Å²) in [6.07, 6.45) is -2.79. The Morgan fingerprint density at radius 2 is 2.05 bits per heavy atom. The summed E-state index contributed by atoms with van der Waals surface area (Å²) in [5.74, 6) is -2.09. The number of hydrogen-bond acceptors (Lipinski definition) is 4. The smallest absolute Gasteiger partial charge is 0.335 e. The van der Waals surface area contributed by atoms with Crippen molar-refractivity contribution in [1.82, 2.24) is 0 Å². The van der Waals surface area contributed by atoms with Crippen molar-refractivity contribution in [3.05, 3.63) is 23.8 Å². The van der Waals surface area contributed by atoms with Crippen molar-refractivity contribution >= 4 is 17.6 Å². The van der Waals surface area contributed by atoms with Crippen molar-refractivity contribution in [2.24, 2.45) is 0 Å². The zero-order valence-corrected chi connectivity index (χ0v) is 10.3. The zero-order valence-electron chi connectivity index (χ0n) is 10.3. The molecule has 1 amide bonds. The van der Waals surface area contributed by atoms with E-state index in [0.29, 0.717) is 0 Å². The maximum Gasteiger partial charge on any atom is 0.335 e. The number of ether oxygens (including phenoxy) is 1. The topological polar surface area (TPSA) is 95.9 Å². The molecular formula is C12H13F2NO5. The first-order valence-electron chi connectivity index (χ1n) is 5.62. The third-order valence-corrected chi connectivity index (χ3v) is 2.23. The first kappa shape index (κ1) is 15.8. The van der Waals surface area contributed by atoms with Crippen molar-refractivity contribution in [1.29, 1.82) is 0 Å². The molecule has 0 saturated heterocycles. The van der Waals surface area contributed by atoms with Crippen LogP contribution in [0.5, 0.6) is 5.75 Å². The van der Waals surface area contributed by atoms with E-state index in [1.165, 1.54) is 6.07 Å². The van der Waals surface area contributed by atoms with Gasteiger partial charge in [0.25, 0.3) is 6.43 Å². The van der Waals surface area contributed by atoms with Crippen LogP contribution >= 0.6 is 0 Å². The fourth-order valence-corrected chi connectivity index (χ4v) is 1.32. The SMILES string of the molecule is O=C(CCOCC(F)F)Nc1cc(C(=O)O)ccc1O. The molecule has 0 aromatic heterocycles. The van der Waals surface area contributed by atoms with Gasteiger partial charge in [0.2, 0.25) is 5.91 Å². The maximum atomic E-state index is 11.8. The lowest BCUT2D eigenvalue weighted by atomic mass is 10.2. The molecule has 0 aliphatic carbocycles. The lowest BCUT2D eigenvalue weighted by Gasteiger charge is -2.08. The second kappa shape index (κ2) is 7.39. The summed E-state index contributed by atoms with van der Waals surface area (Å²) < 4.78 is 28.1. The van der Waals surface area contributed by atoms with Crippen LogP contribution in [0.15, 0.2) is 18.2 Å². The van der Waals surface area contributed by atoms with Gasteiger partial charge in [-0.2, -0.15) is 0 Å². The van der Waals surface area contributed by atoms with E-state index >= 15 is 0 Å². The van der Waals surface area contributed by atoms with Crippen LogP contribution in [0.25, 0.3) is 0 Å². The molecule has 1 aromatic carbocycles. The van der Waals surface area contributed by atoms with Crippen LogP contribution < -0.4 is 5.32 Å². The highest BCUT2D eigenvalue weighted by Gasteiger charge is 2.11. The molecule has 8 heteroatoms. The summed E-state index contributed by atoms with van der Waals surface area (Å²) in [5.41, 5.74) is -0.171. The van der Waals surface area contributed by atoms with E-state index in [4.69, 9.17) is 5.11 Å². The number of aromatic carboxylic acids is 1. The van der Waals surface area contributed by atoms with Crippen LogP contribution in [0, 0.1) is 0 Å². The van der Waals surface area contributed by atoms with Crippen LogP contribution in [-0.2, 0) is 9.53 Å². The second-order valence-corrected chi connectivity index (χ2v) is 3.80. The molecule has 0 heterocycles. The number of carbonyl (C=O) groups excluding carboxylic acids is 1. The Labute approximate surface area is 113 Å². The normalized spacial score (nSPS) is 10.6. The first-order chi connectivity index (χ1) is 9.40. The van der Waals surface area contributed by atoms with E-state index in [1.54, 1.807) is 0 Å². The number of carboxylic acid groups (broad SMARTS) is 1. The Balaban J connectivity index is 2.53. The molecule has 0 unspecified atom stereocenters. The number of amides is 1. The summed E-state index contributed by atoms with van der Waals surface area (Å²) in [6.45, 7) is -0.956. The molecule has 0 bridgehead atoms. The number of anilines is 1. The number of aromatic hydroxyl groups is 1. The average molecular weight is 289 g/mol. The Morgan fingerprint density at radius 1 is 1.35 bits per heavy atom. The van der Waals surface area contributed by atoms with E-state index in [0.717, 1.165) is 12.1 Å². The highest BCUT2D eigenvalue weighted by atomic mass is 19.3. The van der Waals surface area contributed by atoms with Gasteiger partial charge in [-0.05, 0) is 18.2 Å². The Bertz CT molecular complexity index is 493. The average Bonchev–Trinajstić information content (AvgIpc) is 2.37. The minimum absolute atomic E-state index is 0.0660. The number of nitrogens with one attached hydrogen (secondary N) is 1. The van der Waals surface area contributed by atoms with Crippen molar-refractivity contribution in [3.8, 4) is 5.75 Å². The van der Waals surface area contributed by atoms with Crippen molar-refractivity contribution < 1.29 is 33.3 Å². The summed E-state index contributed by atoms with van der Waals surface area (Å²) in [7, 11) is 0. The molecule has 110 valence electrons. The van der Waals surface area contributed by atoms with Gasteiger partial charge in [0.15, 0.2) is 0 Å². The minimum atomic E-state index is -2.60. The molecule has 1 aromatic rings. The van der Waals surface area contributed by atoms with Gasteiger partial charge in [0.1, 0.15) is 12.4 Å². The van der Waals surface area contributed by atoms with Gasteiger partial charge >= 0.3 is 5.97 Å². The molecule has 0 saturated carbocycles. The Hall–Kier alpha value is -2.22. The molecule has 20 heavy (non-hydrogen) atoms. The van der Waals surface area contributed by atoms with Gasteiger partial charge < -0.3 is 20.3 Å². The molecule has 3 N–H and O–H groups in total. The predicted octanol–water partition coefficient (Wildman–Crippen LogP) is 1.70. The molecule has 0 spiro atoms. The minimum Gasteiger partial charge on any atom is -0.506 e. The summed E-state index contributed by atoms with van der Waals surface area (Å²) >= 11 is 0. The highest BCUT2D eigenvalue weighted by molar-refractivity contribution is 5.95. The largest absolute Gasteiger partial charge is 0.506 e. The van der Waals surface area contributed by atoms with Crippen LogP contribution in [0.3, 0.4) is 0 Å². The quantitative estimate of drug-likeness (QED) is 0.524. The van der Waals surface area contributed by atoms with Crippen molar-refractivity contribution in [2.75, 3.05) is 18.5 Å². The standard InChI is InChI=1S/C12H13F2NO5/c13-10(14)6-20-4-3-11(17)15-8-5-7(12(18)19)1-2-9(8)16/h1-2,5,10,16H,3-4,6H2,(H,15,17)(H,18,19). The molecule has 0 radical (unpaired) electrons. The van der Waals surface area contributed by atoms with Crippen molar-refractivity contribution in [2.45, 2.75) is 12.8 Å². The summed E-state index contributed by atoms with van der Waals surface area (Å²) in [5, 5.41) is 20.5. The lowest BCUT2D eigenvalue weighted by molar-refractivity contribution is -0.117. The molecular weight excluding hydrogens is 276 g/mol. The van der Waals surface area contributed by atoms with E-state index in [1.807, 2.05) is 0 Å². The van der Waals surface area contributed by atoms with Gasteiger partial charge in [-0.25, -0.2) is 13.6 Å². The monoisotopic (exact) mass is 289 g/mol. The van der Waals surface area contributed by atoms with Crippen molar-refractivity contribution in [3.63, 3.8) is 0 Å². The number of halogens is 2. The molecule has 6 nitrogen and oxygen atoms in total. The molecule has 1 rings (SSSR count). The van der Waals surface area contributed by atoms with Crippen LogP contribution in [0.4, 0.5) is 14.5 Å². The Kier molecular flexibility index (Phi) is 5.85. The number of carboxylic acids is 1. The third-order valence-electron chi connectivity index (χ3n) is 2.23. The van der Waals surface area contributed by atoms with E-state index in [2.05, 4.69) is 10.1 Å². The maximum absolute atomic E-state index is 11.8. The van der Waals surface area contributed by atoms with Gasteiger partial charge in [0.05, 0.1) is 24.3 Å². The number of carbonyl (C=O) groups is 2. The summed E-state index contributed by atoms with van der Waals surface area (Å²) in [6, 6.07) is 3.40. The van der Waals surface area contributed by atoms with Gasteiger partial charge in [-0.3, -0.25) is 4.79 Å². The molecule has 0 fully saturated rings. The fourth-order valence-electron chi connectivity index (χ4n) is 1.32. The predicted molar refractivity (Wildman–Crippen MR) is 65.1 cm³/mol. The number of benzene rings is 1. The van der Waals surface area contributed by atoms with Gasteiger partial charge in [-0.1, -0.05) is 0 Å². The third kappa shape index (κ3) is 5.19. The number of rotatable bonds is 7. The van der Waals surface area contributed by atoms with Crippen LogP contribution in [0.1, 0.15) is 16.8 Å². The van der Waals surface area contributed by atoms with Crippen LogP contribution in [0.2, 0.25) is 0 Å². The molecule has 0 atom stereocenters. The van der Waals surface area contributed by atoms with Gasteiger partial charge in [0, 0.05) is 0 Å². The lowest BCUT2D eigenvalue weighted by Crippen LogP contribution is -2.16. The zero-order chi connectivity index (χ0) is 15.1. The Morgan fingerprint density at radius 3 is 2.65 bits per heavy atom. The number of alkyl halides is 2. The summed E-state index contributed by atoms with van der Waals surface area (Å²) in [4.78, 5) is 22.2. The van der Waals surface area contributed by atoms with E-state index < -0.39 is 24.9 Å². The number of phenols is 1. The van der Waals surface area contributed by atoms with Crippen LogP contribution in [-0.4, -0.2) is 41.7 Å². The molecule has 0 aliphatic heterocycles. The molecule has 0 aliphatic rings.